The molecule has 0 aliphatic carbocycles. The molecule has 1 aromatic heterocycles. The van der Waals surface area contributed by atoms with Crippen molar-refractivity contribution in [3.63, 3.8) is 0 Å². The van der Waals surface area contributed by atoms with E-state index in [0.717, 1.165) is 15.4 Å². The largest absolute Gasteiger partial charge is 0.393 e. The lowest BCUT2D eigenvalue weighted by atomic mass is 9.98. The predicted molar refractivity (Wildman–Crippen MR) is 89.1 cm³/mol. The second-order valence-electron chi connectivity index (χ2n) is 4.71. The van der Waals surface area contributed by atoms with E-state index in [1.54, 1.807) is 17.5 Å². The number of nitrogens with two attached hydrogens (primary N) is 1. The second kappa shape index (κ2) is 7.28. The van der Waals surface area contributed by atoms with Crippen LogP contribution < -0.4 is 11.1 Å². The molecule has 1 atom stereocenters. The highest BCUT2D eigenvalue weighted by atomic mass is 32.1. The highest BCUT2D eigenvalue weighted by molar-refractivity contribution is 7.80. The summed E-state index contributed by atoms with van der Waals surface area (Å²) in [6.45, 7) is 2.39. The van der Waals surface area contributed by atoms with Gasteiger partial charge in [-0.1, -0.05) is 42.5 Å². The van der Waals surface area contributed by atoms with Gasteiger partial charge in [-0.3, -0.25) is 4.79 Å². The predicted octanol–water partition coefficient (Wildman–Crippen LogP) is 2.21. The van der Waals surface area contributed by atoms with Crippen molar-refractivity contribution in [2.75, 3.05) is 0 Å². The van der Waals surface area contributed by atoms with Crippen molar-refractivity contribution in [3.05, 3.63) is 52.0 Å². The summed E-state index contributed by atoms with van der Waals surface area (Å²) in [5, 5.41) is 3.86. The molecule has 4 nitrogen and oxygen atoms in total. The minimum Gasteiger partial charge on any atom is -0.393 e. The van der Waals surface area contributed by atoms with E-state index in [2.05, 4.69) is 10.3 Å². The van der Waals surface area contributed by atoms with Gasteiger partial charge in [0.2, 0.25) is 5.91 Å². The normalized spacial score (nSPS) is 11.9. The van der Waals surface area contributed by atoms with Crippen molar-refractivity contribution >= 4 is 34.5 Å². The average molecular weight is 319 g/mol. The fourth-order valence-corrected chi connectivity index (χ4v) is 2.88. The van der Waals surface area contributed by atoms with Gasteiger partial charge in [-0.2, -0.15) is 0 Å². The minimum atomic E-state index is -0.489. The lowest BCUT2D eigenvalue weighted by molar-refractivity contribution is -0.123. The summed E-state index contributed by atoms with van der Waals surface area (Å²) in [5.74, 6) is -0.631. The zero-order valence-electron chi connectivity index (χ0n) is 11.7. The number of nitrogens with one attached hydrogen (secondary N) is 1. The molecule has 0 fully saturated rings. The maximum absolute atomic E-state index is 12.3. The van der Waals surface area contributed by atoms with E-state index >= 15 is 0 Å². The number of carbonyl (C=O) groups excluding carboxylic acids is 1. The van der Waals surface area contributed by atoms with Crippen molar-refractivity contribution in [2.45, 2.75) is 19.9 Å². The Morgan fingerprint density at radius 3 is 2.71 bits per heavy atom. The van der Waals surface area contributed by atoms with E-state index < -0.39 is 5.92 Å². The summed E-state index contributed by atoms with van der Waals surface area (Å²) < 4.78 is 0. The van der Waals surface area contributed by atoms with Crippen molar-refractivity contribution in [3.8, 4) is 0 Å². The summed E-state index contributed by atoms with van der Waals surface area (Å²) in [6.07, 6.45) is 2.29. The Kier molecular flexibility index (Phi) is 5.41. The van der Waals surface area contributed by atoms with Crippen molar-refractivity contribution in [1.82, 2.24) is 10.3 Å². The Balaban J connectivity index is 1.97. The summed E-state index contributed by atoms with van der Waals surface area (Å²) in [4.78, 5) is 17.7. The van der Waals surface area contributed by atoms with Gasteiger partial charge in [0.05, 0.1) is 22.5 Å². The van der Waals surface area contributed by atoms with Gasteiger partial charge < -0.3 is 11.1 Å². The van der Waals surface area contributed by atoms with Crippen LogP contribution >= 0.6 is 23.6 Å². The van der Waals surface area contributed by atoms with Gasteiger partial charge in [0.25, 0.3) is 0 Å². The van der Waals surface area contributed by atoms with Crippen LogP contribution in [0.15, 0.2) is 36.5 Å². The van der Waals surface area contributed by atoms with Crippen LogP contribution in [0.1, 0.15) is 15.4 Å². The summed E-state index contributed by atoms with van der Waals surface area (Å²) in [6, 6.07) is 9.73. The molecule has 1 unspecified atom stereocenters. The first-order valence-corrected chi connectivity index (χ1v) is 7.81. The molecule has 2 rings (SSSR count). The Morgan fingerprint density at radius 2 is 2.14 bits per heavy atom. The second-order valence-corrected chi connectivity index (χ2v) is 6.50. The molecular weight excluding hydrogens is 302 g/mol. The third kappa shape index (κ3) is 4.61. The van der Waals surface area contributed by atoms with Crippen molar-refractivity contribution in [2.24, 2.45) is 11.7 Å². The van der Waals surface area contributed by atoms with Gasteiger partial charge in [-0.15, -0.1) is 11.3 Å². The first-order chi connectivity index (χ1) is 10.1. The molecule has 0 aliphatic heterocycles. The zero-order valence-corrected chi connectivity index (χ0v) is 13.3. The van der Waals surface area contributed by atoms with E-state index in [1.165, 1.54) is 0 Å². The lowest BCUT2D eigenvalue weighted by Crippen LogP contribution is -2.38. The van der Waals surface area contributed by atoms with Crippen LogP contribution in [0.5, 0.6) is 0 Å². The molecule has 6 heteroatoms. The van der Waals surface area contributed by atoms with Gasteiger partial charge >= 0.3 is 0 Å². The number of hydrogen-bond donors (Lipinski definition) is 2. The number of rotatable bonds is 6. The van der Waals surface area contributed by atoms with Gasteiger partial charge in [0, 0.05) is 11.1 Å². The number of amides is 1. The van der Waals surface area contributed by atoms with Crippen molar-refractivity contribution in [1.29, 1.82) is 0 Å². The molecule has 2 aromatic rings. The van der Waals surface area contributed by atoms with Gasteiger partial charge in [-0.25, -0.2) is 4.98 Å². The van der Waals surface area contributed by atoms with E-state index in [9.17, 15) is 4.79 Å². The Morgan fingerprint density at radius 1 is 1.43 bits per heavy atom. The topological polar surface area (TPSA) is 68.0 Å². The van der Waals surface area contributed by atoms with Crippen LogP contribution in [0.4, 0.5) is 0 Å². The van der Waals surface area contributed by atoms with E-state index in [1.807, 2.05) is 37.3 Å². The fraction of sp³-hybridized carbons (Fsp3) is 0.267. The molecule has 0 spiro atoms. The monoisotopic (exact) mass is 319 g/mol. The molecule has 0 saturated carbocycles. The van der Waals surface area contributed by atoms with Crippen LogP contribution in [-0.4, -0.2) is 15.9 Å². The molecule has 0 saturated heterocycles. The number of carbonyl (C=O) groups is 1. The highest BCUT2D eigenvalue weighted by Gasteiger charge is 2.21. The fourth-order valence-electron chi connectivity index (χ4n) is 1.96. The van der Waals surface area contributed by atoms with Crippen LogP contribution in [0.2, 0.25) is 0 Å². The molecule has 0 radical (unpaired) electrons. The molecule has 0 aliphatic rings. The zero-order chi connectivity index (χ0) is 15.2. The quantitative estimate of drug-likeness (QED) is 0.801. The number of benzene rings is 1. The van der Waals surface area contributed by atoms with Crippen molar-refractivity contribution < 1.29 is 4.79 Å². The van der Waals surface area contributed by atoms with Crippen LogP contribution in [-0.2, 0) is 17.8 Å². The lowest BCUT2D eigenvalue weighted by Gasteiger charge is -2.15. The first-order valence-electron chi connectivity index (χ1n) is 6.58. The summed E-state index contributed by atoms with van der Waals surface area (Å²) in [7, 11) is 0. The molecule has 1 amide bonds. The summed E-state index contributed by atoms with van der Waals surface area (Å²) in [5.41, 5.74) is 6.76. The average Bonchev–Trinajstić information content (AvgIpc) is 2.89. The van der Waals surface area contributed by atoms with Gasteiger partial charge in [0.1, 0.15) is 0 Å². The molecule has 3 N–H and O–H groups in total. The van der Waals surface area contributed by atoms with Gasteiger partial charge in [-0.05, 0) is 18.9 Å². The van der Waals surface area contributed by atoms with Crippen LogP contribution in [0.25, 0.3) is 0 Å². The maximum atomic E-state index is 12.3. The van der Waals surface area contributed by atoms with E-state index in [-0.39, 0.29) is 10.9 Å². The molecule has 21 heavy (non-hydrogen) atoms. The number of nitrogens with zero attached hydrogens (tertiary/aromatic N) is 1. The number of hydrogen-bond acceptors (Lipinski definition) is 4. The van der Waals surface area contributed by atoms with Crippen LogP contribution in [0.3, 0.4) is 0 Å². The molecule has 110 valence electrons. The summed E-state index contributed by atoms with van der Waals surface area (Å²) >= 11 is 6.60. The Hall–Kier alpha value is -1.79. The first kappa shape index (κ1) is 15.6. The smallest absolute Gasteiger partial charge is 0.230 e. The molecular formula is C15H17N3OS2. The maximum Gasteiger partial charge on any atom is 0.230 e. The van der Waals surface area contributed by atoms with E-state index in [0.29, 0.717) is 13.0 Å². The Labute approximate surface area is 133 Å². The van der Waals surface area contributed by atoms with E-state index in [4.69, 9.17) is 18.0 Å². The molecule has 1 aromatic carbocycles. The number of thiocarbonyl (C=S) groups is 1. The minimum absolute atomic E-state index is 0.141. The SMILES string of the molecule is Cc1ncc(CNC(=O)C(Cc2ccccc2)C(N)=S)s1. The number of aryl methyl sites for hydroxylation is 1. The van der Waals surface area contributed by atoms with Crippen LogP contribution in [0, 0.1) is 12.8 Å². The number of aromatic nitrogens is 1. The van der Waals surface area contributed by atoms with Gasteiger partial charge in [0.15, 0.2) is 0 Å². The molecule has 0 bridgehead atoms. The standard InChI is InChI=1S/C15H17N3OS2/c1-10-17-8-12(21-10)9-18-15(19)13(14(16)20)7-11-5-3-2-4-6-11/h2-6,8,13H,7,9H2,1H3,(H2,16,20)(H,18,19). The highest BCUT2D eigenvalue weighted by Crippen LogP contribution is 2.13. The third-order valence-electron chi connectivity index (χ3n) is 3.05. The Bertz CT molecular complexity index is 625. The number of thiazole rings is 1. The molecule has 1 heterocycles. The third-order valence-corrected chi connectivity index (χ3v) is 4.25.